The molecular formula is C46H51N3O10. The number of carbonyl (C=O) groups is 1. The van der Waals surface area contributed by atoms with Crippen molar-refractivity contribution in [3.05, 3.63) is 130 Å². The molecule has 1 aliphatic heterocycles. The number of unbranched alkanes of at least 4 members (excludes halogenated alkanes) is 2. The first kappa shape index (κ1) is 41.4. The summed E-state index contributed by atoms with van der Waals surface area (Å²) < 4.78 is 20.3. The Hall–Kier alpha value is -5.76. The van der Waals surface area contributed by atoms with E-state index in [9.17, 15) is 30.2 Å². The summed E-state index contributed by atoms with van der Waals surface area (Å²) in [5, 5.41) is 48.6. The van der Waals surface area contributed by atoms with Crippen molar-refractivity contribution in [2.24, 2.45) is 22.9 Å². The predicted molar refractivity (Wildman–Crippen MR) is 222 cm³/mol. The van der Waals surface area contributed by atoms with Crippen LogP contribution in [0.25, 0.3) is 10.8 Å². The van der Waals surface area contributed by atoms with Crippen molar-refractivity contribution in [1.82, 2.24) is 4.90 Å². The van der Waals surface area contributed by atoms with Crippen LogP contribution in [0.15, 0.2) is 114 Å². The lowest BCUT2D eigenvalue weighted by atomic mass is 9.55. The molecule has 0 unspecified atom stereocenters. The minimum Gasteiger partial charge on any atom is -0.508 e. The Balaban J connectivity index is 1.45. The van der Waals surface area contributed by atoms with Gasteiger partial charge < -0.3 is 34.4 Å². The van der Waals surface area contributed by atoms with Gasteiger partial charge in [0.05, 0.1) is 29.7 Å². The maximum Gasteiger partial charge on any atom is 0.416 e. The van der Waals surface area contributed by atoms with E-state index in [2.05, 4.69) is 17.8 Å². The van der Waals surface area contributed by atoms with E-state index < -0.39 is 28.8 Å². The monoisotopic (exact) mass is 805 g/mol. The summed E-state index contributed by atoms with van der Waals surface area (Å²) in [5.41, 5.74) is 2.94. The van der Waals surface area contributed by atoms with Crippen LogP contribution in [-0.4, -0.2) is 75.7 Å². The number of nitro benzene ring substituents is 1. The number of hydrogen-bond acceptors (Lipinski definition) is 11. The number of carbonyl (C=O) groups excluding carboxylic acids is 1. The topological polar surface area (TPSA) is 173 Å². The number of rotatable bonds is 17. The number of aromatic hydroxyl groups is 1. The van der Waals surface area contributed by atoms with Gasteiger partial charge in [-0.1, -0.05) is 72.6 Å². The number of amides is 1. The molecule has 1 saturated carbocycles. The highest BCUT2D eigenvalue weighted by Crippen LogP contribution is 2.62. The number of aliphatic hydroxyl groups is 2. The standard InChI is InChI=1S/C46H51N3O10/c1-3-25-57-46-42(48(29-32-14-10-13-30-11-4-5-15-36(30)32)45(53)58-35-20-17-33(18-21-35)49(54)55)28-40(47-56-2)38-26-31(12-6-8-23-50)37(16-7-9-24-51)43(44(38)46)39-27-34(52)19-22-41(39)59-46/h3-5,10-11,13-15,17-22,26-27,31,37,42-44,50-52H,1,6-9,12,16,23-25,28-29H2,2H3/t31-,37+,42-,43+,44+,46+/m0/s1. The number of oxime groups is 1. The molecule has 2 aliphatic carbocycles. The van der Waals surface area contributed by atoms with Crippen LogP contribution in [-0.2, 0) is 16.1 Å². The van der Waals surface area contributed by atoms with Crippen molar-refractivity contribution in [2.75, 3.05) is 26.9 Å². The first-order valence-corrected chi connectivity index (χ1v) is 20.2. The molecule has 4 aromatic carbocycles. The number of hydrogen-bond donors (Lipinski definition) is 3. The van der Waals surface area contributed by atoms with E-state index in [1.54, 1.807) is 29.2 Å². The summed E-state index contributed by atoms with van der Waals surface area (Å²) >= 11 is 0. The third-order valence-electron chi connectivity index (χ3n) is 11.9. The summed E-state index contributed by atoms with van der Waals surface area (Å²) in [6.07, 6.45) is 7.58. The highest BCUT2D eigenvalue weighted by molar-refractivity contribution is 6.03. The summed E-state index contributed by atoms with van der Waals surface area (Å²) in [7, 11) is 1.48. The Kier molecular flexibility index (Phi) is 12.9. The van der Waals surface area contributed by atoms with Crippen molar-refractivity contribution >= 4 is 28.3 Å². The fourth-order valence-corrected chi connectivity index (χ4v) is 9.48. The second kappa shape index (κ2) is 18.4. The van der Waals surface area contributed by atoms with Gasteiger partial charge in [0.1, 0.15) is 30.4 Å². The van der Waals surface area contributed by atoms with E-state index in [4.69, 9.17) is 19.0 Å². The Morgan fingerprint density at radius 3 is 2.49 bits per heavy atom. The zero-order chi connectivity index (χ0) is 41.5. The van der Waals surface area contributed by atoms with Gasteiger partial charge in [-0.2, -0.15) is 0 Å². The summed E-state index contributed by atoms with van der Waals surface area (Å²) in [5.74, 6) is -1.76. The molecule has 1 fully saturated rings. The molecule has 0 spiro atoms. The van der Waals surface area contributed by atoms with Crippen LogP contribution in [0.3, 0.4) is 0 Å². The average molecular weight is 806 g/mol. The SMILES string of the molecule is C=CCO[C@@]12Oc3ccc(O)cc3[C@H]3[C@H](CCCCO)[C@@H](CCCCO)C=C(C(=NOC)C[C@@H]1N(Cc1cccc4ccccc14)C(=O)Oc1ccc([N+](=O)[O-])cc1)[C@H]32. The first-order chi connectivity index (χ1) is 28.7. The summed E-state index contributed by atoms with van der Waals surface area (Å²) in [4.78, 5) is 33.1. The lowest BCUT2D eigenvalue weighted by molar-refractivity contribution is -0.384. The third kappa shape index (κ3) is 8.41. The molecule has 3 aliphatic rings. The zero-order valence-electron chi connectivity index (χ0n) is 33.2. The maximum absolute atomic E-state index is 15.0. The van der Waals surface area contributed by atoms with Crippen LogP contribution in [0.2, 0.25) is 0 Å². The van der Waals surface area contributed by atoms with Crippen molar-refractivity contribution < 1.29 is 44.1 Å². The van der Waals surface area contributed by atoms with Crippen LogP contribution in [0.4, 0.5) is 10.5 Å². The average Bonchev–Trinajstić information content (AvgIpc) is 3.24. The number of fused-ring (bicyclic) bond motifs is 3. The highest BCUT2D eigenvalue weighted by Gasteiger charge is 2.65. The zero-order valence-corrected chi connectivity index (χ0v) is 33.2. The van der Waals surface area contributed by atoms with Crippen LogP contribution >= 0.6 is 0 Å². The number of nitro groups is 1. The van der Waals surface area contributed by atoms with E-state index >= 15 is 0 Å². The van der Waals surface area contributed by atoms with Crippen LogP contribution in [0, 0.1) is 27.9 Å². The van der Waals surface area contributed by atoms with Gasteiger partial charge in [-0.25, -0.2) is 4.79 Å². The lowest BCUT2D eigenvalue weighted by Gasteiger charge is -2.59. The molecule has 1 heterocycles. The minimum absolute atomic E-state index is 0.0220. The molecule has 0 aromatic heterocycles. The number of allylic oxidation sites excluding steroid dienone is 1. The highest BCUT2D eigenvalue weighted by atomic mass is 16.7. The molecule has 13 nitrogen and oxygen atoms in total. The number of ether oxygens (including phenoxy) is 3. The van der Waals surface area contributed by atoms with Gasteiger partial charge in [-0.15, -0.1) is 6.58 Å². The molecule has 6 atom stereocenters. The van der Waals surface area contributed by atoms with Gasteiger partial charge in [-0.3, -0.25) is 15.0 Å². The summed E-state index contributed by atoms with van der Waals surface area (Å²) in [6, 6.07) is 23.3. The van der Waals surface area contributed by atoms with Crippen molar-refractivity contribution in [1.29, 1.82) is 0 Å². The molecule has 13 heteroatoms. The van der Waals surface area contributed by atoms with Crippen molar-refractivity contribution in [3.8, 4) is 17.2 Å². The molecule has 310 valence electrons. The number of non-ortho nitro benzene ring substituents is 1. The predicted octanol–water partition coefficient (Wildman–Crippen LogP) is 8.42. The second-order valence-corrected chi connectivity index (χ2v) is 15.4. The molecule has 0 saturated heterocycles. The number of phenols is 1. The third-order valence-corrected chi connectivity index (χ3v) is 11.9. The van der Waals surface area contributed by atoms with Gasteiger partial charge >= 0.3 is 6.09 Å². The molecule has 3 N–H and O–H groups in total. The van der Waals surface area contributed by atoms with Crippen molar-refractivity contribution in [3.63, 3.8) is 0 Å². The molecule has 0 radical (unpaired) electrons. The van der Waals surface area contributed by atoms with Gasteiger partial charge in [0.25, 0.3) is 5.69 Å². The van der Waals surface area contributed by atoms with E-state index in [0.717, 1.165) is 53.2 Å². The lowest BCUT2D eigenvalue weighted by Crippen LogP contribution is -2.70. The Morgan fingerprint density at radius 2 is 1.76 bits per heavy atom. The number of benzene rings is 4. The molecule has 7 rings (SSSR count). The fourth-order valence-electron chi connectivity index (χ4n) is 9.48. The minimum atomic E-state index is -1.56. The first-order valence-electron chi connectivity index (χ1n) is 20.2. The number of aliphatic hydroxyl groups excluding tert-OH is 2. The van der Waals surface area contributed by atoms with E-state index in [1.165, 1.54) is 31.4 Å². The molecular weight excluding hydrogens is 755 g/mol. The van der Waals surface area contributed by atoms with E-state index in [0.29, 0.717) is 24.3 Å². The quantitative estimate of drug-likeness (QED) is 0.0407. The Bertz CT molecular complexity index is 2200. The number of nitrogens with zero attached hydrogens (tertiary/aromatic N) is 3. The van der Waals surface area contributed by atoms with Gasteiger partial charge in [0.15, 0.2) is 0 Å². The van der Waals surface area contributed by atoms with Crippen LogP contribution in [0.5, 0.6) is 17.2 Å². The molecule has 4 aromatic rings. The van der Waals surface area contributed by atoms with Crippen LogP contribution in [0.1, 0.15) is 62.0 Å². The normalized spacial score (nSPS) is 23.7. The summed E-state index contributed by atoms with van der Waals surface area (Å²) in [6.45, 7) is 4.23. The van der Waals surface area contributed by atoms with Crippen LogP contribution < -0.4 is 9.47 Å². The van der Waals surface area contributed by atoms with Gasteiger partial charge in [0.2, 0.25) is 5.79 Å². The smallest absolute Gasteiger partial charge is 0.416 e. The largest absolute Gasteiger partial charge is 0.508 e. The molecule has 0 bridgehead atoms. The van der Waals surface area contributed by atoms with Crippen molar-refractivity contribution in [2.45, 2.75) is 69.2 Å². The second-order valence-electron chi connectivity index (χ2n) is 15.4. The van der Waals surface area contributed by atoms with E-state index in [1.807, 2.05) is 42.5 Å². The van der Waals surface area contributed by atoms with Gasteiger partial charge in [-0.05, 0) is 89.8 Å². The fraction of sp³-hybridized carbons (Fsp3) is 0.391. The molecule has 59 heavy (non-hydrogen) atoms. The number of phenolic OH excluding ortho intramolecular Hbond substituents is 1. The Morgan fingerprint density at radius 1 is 1.02 bits per heavy atom. The van der Waals surface area contributed by atoms with Gasteiger partial charge in [0, 0.05) is 43.2 Å². The Labute approximate surface area is 343 Å². The maximum atomic E-state index is 15.0. The van der Waals surface area contributed by atoms with E-state index in [-0.39, 0.29) is 67.7 Å². The molecule has 1 amide bonds.